The van der Waals surface area contributed by atoms with Gasteiger partial charge in [0.2, 0.25) is 17.8 Å². The summed E-state index contributed by atoms with van der Waals surface area (Å²) in [5.74, 6) is 1.12. The number of carbonyl (C=O) groups excluding carboxylic acids is 1. The maximum Gasteiger partial charge on any atom is 0.337 e. The highest BCUT2D eigenvalue weighted by atomic mass is 35.5. The number of rotatable bonds is 6. The van der Waals surface area contributed by atoms with Gasteiger partial charge in [-0.2, -0.15) is 15.0 Å². The first-order valence-electron chi connectivity index (χ1n) is 9.68. The number of nitrogens with zero attached hydrogens (tertiary/aromatic N) is 4. The van der Waals surface area contributed by atoms with E-state index >= 15 is 0 Å². The molecule has 0 radical (unpaired) electrons. The molecule has 160 valence electrons. The normalized spacial score (nSPS) is 13.0. The molecule has 0 aliphatic carbocycles. The summed E-state index contributed by atoms with van der Waals surface area (Å²) in [5.41, 5.74) is 6.58. The van der Waals surface area contributed by atoms with Gasteiger partial charge in [-0.3, -0.25) is 5.43 Å². The molecule has 1 aromatic heterocycles. The monoisotopic (exact) mass is 458 g/mol. The van der Waals surface area contributed by atoms with Gasteiger partial charge in [0.05, 0.1) is 10.0 Å². The Morgan fingerprint density at radius 1 is 0.871 bits per heavy atom. The van der Waals surface area contributed by atoms with Gasteiger partial charge in [-0.25, -0.2) is 10.2 Å². The fourth-order valence-electron chi connectivity index (χ4n) is 3.03. The zero-order valence-electron chi connectivity index (χ0n) is 16.4. The lowest BCUT2D eigenvalue weighted by atomic mass is 10.3. The van der Waals surface area contributed by atoms with Gasteiger partial charge in [-0.15, -0.1) is 0 Å². The first-order chi connectivity index (χ1) is 15.1. The minimum Gasteiger partial charge on any atom is -0.341 e. The molecule has 11 heteroatoms. The van der Waals surface area contributed by atoms with E-state index in [-0.39, 0.29) is 5.95 Å². The Labute approximate surface area is 189 Å². The van der Waals surface area contributed by atoms with E-state index in [0.717, 1.165) is 31.6 Å². The van der Waals surface area contributed by atoms with Gasteiger partial charge in [0.1, 0.15) is 0 Å². The molecular formula is C20H20Cl2N8O. The van der Waals surface area contributed by atoms with E-state index < -0.39 is 6.03 Å². The number of aromatic nitrogens is 3. The molecule has 4 N–H and O–H groups in total. The molecule has 0 unspecified atom stereocenters. The Hall–Kier alpha value is -3.30. The lowest BCUT2D eigenvalue weighted by Crippen LogP contribution is -2.34. The fraction of sp³-hybridized carbons (Fsp3) is 0.200. The third-order valence-corrected chi connectivity index (χ3v) is 5.25. The van der Waals surface area contributed by atoms with Crippen LogP contribution in [0.5, 0.6) is 0 Å². The van der Waals surface area contributed by atoms with Crippen LogP contribution in [0.3, 0.4) is 0 Å². The lowest BCUT2D eigenvalue weighted by Gasteiger charge is -2.17. The van der Waals surface area contributed by atoms with Crippen molar-refractivity contribution in [3.05, 3.63) is 58.6 Å². The van der Waals surface area contributed by atoms with Crippen molar-refractivity contribution < 1.29 is 4.79 Å². The number of anilines is 5. The zero-order chi connectivity index (χ0) is 21.6. The van der Waals surface area contributed by atoms with Crippen molar-refractivity contribution >= 4 is 58.5 Å². The number of nitrogens with one attached hydrogen (secondary N) is 4. The molecule has 1 saturated heterocycles. The van der Waals surface area contributed by atoms with E-state index in [1.807, 2.05) is 30.3 Å². The van der Waals surface area contributed by atoms with Crippen LogP contribution < -0.4 is 26.4 Å². The van der Waals surface area contributed by atoms with Crippen molar-refractivity contribution in [2.45, 2.75) is 12.8 Å². The van der Waals surface area contributed by atoms with E-state index in [0.29, 0.717) is 27.6 Å². The Balaban J connectivity index is 1.46. The standard InChI is InChI=1S/C20H20Cl2N8O/c21-15-9-8-14(12-16(15)22)24-20(31)29-28-18-25-17(23-13-6-2-1-3-7-13)26-19(27-18)30-10-4-5-11-30/h1-3,6-9,12H,4-5,10-11H2,(H2,24,29,31)(H2,23,25,26,27,28). The second kappa shape index (κ2) is 9.67. The number of hydrogen-bond donors (Lipinski definition) is 4. The summed E-state index contributed by atoms with van der Waals surface area (Å²) in [6.07, 6.45) is 2.17. The summed E-state index contributed by atoms with van der Waals surface area (Å²) in [7, 11) is 0. The SMILES string of the molecule is O=C(NNc1nc(Nc2ccccc2)nc(N2CCCC2)n1)Nc1ccc(Cl)c(Cl)c1. The molecule has 0 atom stereocenters. The van der Waals surface area contributed by atoms with Crippen molar-refractivity contribution in [2.24, 2.45) is 0 Å². The van der Waals surface area contributed by atoms with Crippen LogP contribution in [0.4, 0.5) is 34.0 Å². The Kier molecular flexibility index (Phi) is 6.54. The van der Waals surface area contributed by atoms with Gasteiger partial charge in [0.15, 0.2) is 0 Å². The second-order valence-electron chi connectivity index (χ2n) is 6.80. The first-order valence-corrected chi connectivity index (χ1v) is 10.4. The number of amides is 2. The summed E-state index contributed by atoms with van der Waals surface area (Å²) < 4.78 is 0. The third-order valence-electron chi connectivity index (χ3n) is 4.51. The minimum atomic E-state index is -0.515. The largest absolute Gasteiger partial charge is 0.341 e. The minimum absolute atomic E-state index is 0.208. The second-order valence-corrected chi connectivity index (χ2v) is 7.62. The molecule has 31 heavy (non-hydrogen) atoms. The number of carbonyl (C=O) groups is 1. The first kappa shape index (κ1) is 21.0. The smallest absolute Gasteiger partial charge is 0.337 e. The quantitative estimate of drug-likeness (QED) is 0.397. The molecule has 0 saturated carbocycles. The topological polar surface area (TPSA) is 107 Å². The Morgan fingerprint density at radius 2 is 1.61 bits per heavy atom. The number of para-hydroxylation sites is 1. The molecule has 2 heterocycles. The number of hydrogen-bond acceptors (Lipinski definition) is 7. The van der Waals surface area contributed by atoms with Crippen LogP contribution in [0.25, 0.3) is 0 Å². The van der Waals surface area contributed by atoms with Crippen molar-refractivity contribution in [1.82, 2.24) is 20.4 Å². The molecule has 9 nitrogen and oxygen atoms in total. The molecule has 2 amide bonds. The molecule has 3 aromatic rings. The van der Waals surface area contributed by atoms with Gasteiger partial charge in [-0.1, -0.05) is 41.4 Å². The average Bonchev–Trinajstić information content (AvgIpc) is 3.31. The van der Waals surface area contributed by atoms with E-state index in [2.05, 4.69) is 41.3 Å². The third kappa shape index (κ3) is 5.65. The number of hydrazine groups is 1. The lowest BCUT2D eigenvalue weighted by molar-refractivity contribution is 0.253. The summed E-state index contributed by atoms with van der Waals surface area (Å²) in [5, 5.41) is 6.56. The molecule has 1 aliphatic rings. The Morgan fingerprint density at radius 3 is 2.35 bits per heavy atom. The average molecular weight is 459 g/mol. The number of urea groups is 1. The summed E-state index contributed by atoms with van der Waals surface area (Å²) in [4.78, 5) is 27.6. The van der Waals surface area contributed by atoms with Gasteiger partial charge >= 0.3 is 6.03 Å². The van der Waals surface area contributed by atoms with Gasteiger partial charge in [0, 0.05) is 24.5 Å². The highest BCUT2D eigenvalue weighted by molar-refractivity contribution is 6.42. The van der Waals surface area contributed by atoms with Crippen LogP contribution >= 0.6 is 23.2 Å². The van der Waals surface area contributed by atoms with Gasteiger partial charge in [-0.05, 0) is 43.2 Å². The predicted molar refractivity (Wildman–Crippen MR) is 123 cm³/mol. The van der Waals surface area contributed by atoms with E-state index in [4.69, 9.17) is 23.2 Å². The molecule has 1 aliphatic heterocycles. The van der Waals surface area contributed by atoms with Crippen LogP contribution in [-0.2, 0) is 0 Å². The highest BCUT2D eigenvalue weighted by Crippen LogP contribution is 2.25. The maximum atomic E-state index is 12.2. The summed E-state index contributed by atoms with van der Waals surface area (Å²) >= 11 is 11.9. The summed E-state index contributed by atoms with van der Waals surface area (Å²) in [6.45, 7) is 1.75. The molecule has 0 spiro atoms. The van der Waals surface area contributed by atoms with Crippen LogP contribution in [0.1, 0.15) is 12.8 Å². The van der Waals surface area contributed by atoms with Crippen LogP contribution in [0.2, 0.25) is 10.0 Å². The fourth-order valence-corrected chi connectivity index (χ4v) is 3.33. The Bertz CT molecular complexity index is 1060. The summed E-state index contributed by atoms with van der Waals surface area (Å²) in [6, 6.07) is 13.9. The van der Waals surface area contributed by atoms with Gasteiger partial charge in [0.25, 0.3) is 0 Å². The van der Waals surface area contributed by atoms with Crippen molar-refractivity contribution in [2.75, 3.05) is 34.0 Å². The molecular weight excluding hydrogens is 439 g/mol. The van der Waals surface area contributed by atoms with Gasteiger partial charge < -0.3 is 15.5 Å². The van der Waals surface area contributed by atoms with Crippen LogP contribution in [0.15, 0.2) is 48.5 Å². The maximum absolute atomic E-state index is 12.2. The molecule has 1 fully saturated rings. The molecule has 4 rings (SSSR count). The molecule has 2 aromatic carbocycles. The number of benzene rings is 2. The van der Waals surface area contributed by atoms with Crippen molar-refractivity contribution in [1.29, 1.82) is 0 Å². The zero-order valence-corrected chi connectivity index (χ0v) is 17.9. The van der Waals surface area contributed by atoms with Crippen molar-refractivity contribution in [3.8, 4) is 0 Å². The van der Waals surface area contributed by atoms with Crippen LogP contribution in [0, 0.1) is 0 Å². The van der Waals surface area contributed by atoms with Crippen molar-refractivity contribution in [3.63, 3.8) is 0 Å². The van der Waals surface area contributed by atoms with E-state index in [9.17, 15) is 4.79 Å². The highest BCUT2D eigenvalue weighted by Gasteiger charge is 2.18. The molecule has 0 bridgehead atoms. The number of halogens is 2. The van der Waals surface area contributed by atoms with E-state index in [1.165, 1.54) is 0 Å². The van der Waals surface area contributed by atoms with Crippen LogP contribution in [-0.4, -0.2) is 34.1 Å². The predicted octanol–water partition coefficient (Wildman–Crippen LogP) is 4.67. The van der Waals surface area contributed by atoms with E-state index in [1.54, 1.807) is 18.2 Å².